The Bertz CT molecular complexity index is 1720. The average molecular weight is 877 g/mol. The lowest BCUT2D eigenvalue weighted by Crippen LogP contribution is -2.47. The second-order valence-electron chi connectivity index (χ2n) is 15.9. The lowest BCUT2D eigenvalue weighted by molar-refractivity contribution is 0.120. The Morgan fingerprint density at radius 1 is 0.328 bits per heavy atom. The van der Waals surface area contributed by atoms with Crippen LogP contribution in [0.2, 0.25) is 0 Å². The van der Waals surface area contributed by atoms with Crippen LogP contribution in [-0.2, 0) is 0 Å². The molecule has 0 bridgehead atoms. The average Bonchev–Trinajstić information content (AvgIpc) is 3.31. The van der Waals surface area contributed by atoms with Gasteiger partial charge in [-0.1, -0.05) is 0 Å². The third-order valence-corrected chi connectivity index (χ3v) is 11.1. The quantitative estimate of drug-likeness (QED) is 0.0280. The smallest absolute Gasteiger partial charge is 0.122 e. The Morgan fingerprint density at radius 2 is 0.500 bits per heavy atom. The van der Waals surface area contributed by atoms with Gasteiger partial charge in [-0.2, -0.15) is 0 Å². The highest BCUT2D eigenvalue weighted by atomic mass is 16.5. The molecular formula is C48H68N12O4. The molecule has 0 radical (unpaired) electrons. The number of hydrogen-bond donors (Lipinski definition) is 8. The number of hydrogen-bond acceptors (Lipinski definition) is 12. The van der Waals surface area contributed by atoms with E-state index in [1.165, 1.54) is 0 Å². The monoisotopic (exact) mass is 877 g/mol. The Hall–Kier alpha value is -6.20. The first-order chi connectivity index (χ1) is 31.0. The molecule has 16 heteroatoms. The van der Waals surface area contributed by atoms with Crippen molar-refractivity contribution in [3.05, 3.63) is 119 Å². The highest BCUT2D eigenvalue weighted by Gasteiger charge is 2.17. The van der Waals surface area contributed by atoms with Crippen LogP contribution in [0.4, 0.5) is 0 Å². The Morgan fingerprint density at radius 3 is 0.656 bits per heavy atom. The summed E-state index contributed by atoms with van der Waals surface area (Å²) in [6, 6.07) is 29.4. The highest BCUT2D eigenvalue weighted by molar-refractivity contribution is 5.96. The molecule has 0 saturated carbocycles. The third-order valence-electron chi connectivity index (χ3n) is 11.1. The van der Waals surface area contributed by atoms with E-state index in [1.807, 2.05) is 97.1 Å². The minimum Gasteiger partial charge on any atom is -0.494 e. The molecule has 2 aliphatic heterocycles. The zero-order chi connectivity index (χ0) is 45.5. The summed E-state index contributed by atoms with van der Waals surface area (Å²) < 4.78 is 23.2. The molecule has 0 unspecified atom stereocenters. The highest BCUT2D eigenvalue weighted by Crippen LogP contribution is 2.16. The topological polar surface area (TPSA) is 249 Å². The summed E-state index contributed by atoms with van der Waals surface area (Å²) in [5.74, 6) is 3.56. The van der Waals surface area contributed by atoms with Crippen LogP contribution in [0.3, 0.4) is 0 Å². The van der Waals surface area contributed by atoms with E-state index in [0.29, 0.717) is 48.7 Å². The predicted octanol–water partition coefficient (Wildman–Crippen LogP) is 4.22. The van der Waals surface area contributed by atoms with Gasteiger partial charge in [-0.05, 0) is 123 Å². The van der Waals surface area contributed by atoms with Gasteiger partial charge in [-0.15, -0.1) is 0 Å². The van der Waals surface area contributed by atoms with Crippen LogP contribution in [-0.4, -0.2) is 148 Å². The van der Waals surface area contributed by atoms with Crippen LogP contribution in [0.25, 0.3) is 0 Å². The van der Waals surface area contributed by atoms with E-state index >= 15 is 0 Å². The Kier molecular flexibility index (Phi) is 20.2. The molecule has 0 atom stereocenters. The number of nitrogens with one attached hydrogen (secondary N) is 4. The van der Waals surface area contributed by atoms with Crippen LogP contribution in [0.5, 0.6) is 23.0 Å². The number of ether oxygens (including phenoxy) is 4. The Balaban J connectivity index is 0.000000241. The zero-order valence-electron chi connectivity index (χ0n) is 37.1. The van der Waals surface area contributed by atoms with Crippen molar-refractivity contribution in [3.8, 4) is 23.0 Å². The molecular weight excluding hydrogens is 809 g/mol. The van der Waals surface area contributed by atoms with Gasteiger partial charge in [0.15, 0.2) is 0 Å². The van der Waals surface area contributed by atoms with Gasteiger partial charge in [0.2, 0.25) is 0 Å². The maximum Gasteiger partial charge on any atom is 0.122 e. The number of benzene rings is 4. The van der Waals surface area contributed by atoms with Crippen molar-refractivity contribution in [2.45, 2.75) is 25.7 Å². The van der Waals surface area contributed by atoms with Crippen molar-refractivity contribution >= 4 is 23.3 Å². The van der Waals surface area contributed by atoms with Crippen molar-refractivity contribution in [2.75, 3.05) is 105 Å². The summed E-state index contributed by atoms with van der Waals surface area (Å²) in [6.07, 6.45) is 3.96. The molecule has 0 spiro atoms. The van der Waals surface area contributed by atoms with Gasteiger partial charge in [0.25, 0.3) is 0 Å². The first-order valence-corrected chi connectivity index (χ1v) is 22.2. The fourth-order valence-electron chi connectivity index (χ4n) is 7.31. The van der Waals surface area contributed by atoms with E-state index < -0.39 is 0 Å². The lowest BCUT2D eigenvalue weighted by Gasteiger charge is -2.34. The lowest BCUT2D eigenvalue weighted by atomic mass is 10.2. The number of amidine groups is 4. The summed E-state index contributed by atoms with van der Waals surface area (Å²) in [7, 11) is 0. The van der Waals surface area contributed by atoms with Crippen LogP contribution in [0.1, 0.15) is 47.9 Å². The SMILES string of the molecule is N=C(N)c1ccc(OCCCN2CCN(CCCOc3ccc(C(=N)N)cc3)CC2)cc1.N=C(N)c1ccc(OCCCN2CCN(CCCOc3ccc(C(=N)N)cc3)CC2)cc1. The van der Waals surface area contributed by atoms with Gasteiger partial charge >= 0.3 is 0 Å². The molecule has 16 nitrogen and oxygen atoms in total. The fourth-order valence-corrected chi connectivity index (χ4v) is 7.31. The minimum atomic E-state index is 0.0728. The molecule has 2 fully saturated rings. The Labute approximate surface area is 378 Å². The first kappa shape index (κ1) is 48.8. The van der Waals surface area contributed by atoms with Crippen molar-refractivity contribution in [1.82, 2.24) is 19.6 Å². The molecule has 0 aliphatic carbocycles. The van der Waals surface area contributed by atoms with E-state index in [1.54, 1.807) is 0 Å². The second-order valence-corrected chi connectivity index (χ2v) is 15.9. The van der Waals surface area contributed by atoms with Crippen molar-refractivity contribution in [2.24, 2.45) is 22.9 Å². The van der Waals surface area contributed by atoms with E-state index in [4.69, 9.17) is 63.5 Å². The van der Waals surface area contributed by atoms with Crippen LogP contribution in [0.15, 0.2) is 97.1 Å². The summed E-state index contributed by atoms with van der Waals surface area (Å²) >= 11 is 0. The number of rotatable bonds is 24. The van der Waals surface area contributed by atoms with Crippen molar-refractivity contribution in [1.29, 1.82) is 21.6 Å². The minimum absolute atomic E-state index is 0.0728. The first-order valence-electron chi connectivity index (χ1n) is 22.2. The molecule has 2 aliphatic rings. The number of nitrogens with zero attached hydrogens (tertiary/aromatic N) is 4. The maximum absolute atomic E-state index is 7.41. The normalized spacial score (nSPS) is 14.8. The maximum atomic E-state index is 7.41. The van der Waals surface area contributed by atoms with E-state index in [0.717, 1.165) is 127 Å². The zero-order valence-corrected chi connectivity index (χ0v) is 37.1. The summed E-state index contributed by atoms with van der Waals surface area (Å²) in [5.41, 5.74) is 24.7. The van der Waals surface area contributed by atoms with Crippen molar-refractivity contribution in [3.63, 3.8) is 0 Å². The van der Waals surface area contributed by atoms with E-state index in [9.17, 15) is 0 Å². The van der Waals surface area contributed by atoms with Gasteiger partial charge in [0.05, 0.1) is 26.4 Å². The molecule has 4 aromatic rings. The summed E-state index contributed by atoms with van der Waals surface area (Å²) in [4.78, 5) is 9.97. The molecule has 2 heterocycles. The fraction of sp³-hybridized carbons (Fsp3) is 0.417. The van der Waals surface area contributed by atoms with Crippen molar-refractivity contribution < 1.29 is 18.9 Å². The summed E-state index contributed by atoms with van der Waals surface area (Å²) in [6.45, 7) is 15.6. The van der Waals surface area contributed by atoms with Gasteiger partial charge in [-0.3, -0.25) is 21.6 Å². The molecule has 64 heavy (non-hydrogen) atoms. The predicted molar refractivity (Wildman–Crippen MR) is 256 cm³/mol. The molecule has 344 valence electrons. The molecule has 2 saturated heterocycles. The molecule has 6 rings (SSSR count). The van der Waals surface area contributed by atoms with Crippen LogP contribution in [0, 0.1) is 21.6 Å². The number of nitrogen functional groups attached to an aromatic ring is 4. The van der Waals surface area contributed by atoms with E-state index in [2.05, 4.69) is 19.6 Å². The van der Waals surface area contributed by atoms with Crippen LogP contribution >= 0.6 is 0 Å². The number of nitrogens with two attached hydrogens (primary N) is 4. The van der Waals surface area contributed by atoms with Gasteiger partial charge in [-0.25, -0.2) is 0 Å². The molecule has 0 aromatic heterocycles. The molecule has 4 aromatic carbocycles. The van der Waals surface area contributed by atoms with Gasteiger partial charge < -0.3 is 61.5 Å². The molecule has 0 amide bonds. The summed E-state index contributed by atoms with van der Waals surface area (Å²) in [5, 5.41) is 29.7. The van der Waals surface area contributed by atoms with Crippen LogP contribution < -0.4 is 41.9 Å². The largest absolute Gasteiger partial charge is 0.494 e. The third kappa shape index (κ3) is 17.5. The number of piperazine rings is 2. The second kappa shape index (κ2) is 26.4. The van der Waals surface area contributed by atoms with Gasteiger partial charge in [0, 0.05) is 101 Å². The van der Waals surface area contributed by atoms with Gasteiger partial charge in [0.1, 0.15) is 46.3 Å². The van der Waals surface area contributed by atoms with E-state index in [-0.39, 0.29) is 23.3 Å². The molecule has 12 N–H and O–H groups in total. The standard InChI is InChI=1S/2C24H34N6O2/c2*25-23(26)19-3-7-21(8-4-19)31-17-1-11-29-13-15-30(16-14-29)12-2-18-32-22-9-5-20(6-10-22)24(27)28/h2*3-10H,1-2,11-18H2,(H3,25,26)(H3,27,28).